The number of methoxy groups -OCH3 is 1. The highest BCUT2D eigenvalue weighted by Crippen LogP contribution is 2.37. The van der Waals surface area contributed by atoms with Crippen LogP contribution in [0, 0.1) is 5.92 Å². The van der Waals surface area contributed by atoms with Crippen LogP contribution in [0.3, 0.4) is 0 Å². The summed E-state index contributed by atoms with van der Waals surface area (Å²) >= 11 is 6.12. The molecule has 104 valence electrons. The summed E-state index contributed by atoms with van der Waals surface area (Å²) in [4.78, 5) is 13.1. The summed E-state index contributed by atoms with van der Waals surface area (Å²) in [6, 6.07) is 6.10. The van der Waals surface area contributed by atoms with Crippen molar-refractivity contribution in [3.8, 4) is 0 Å². The van der Waals surface area contributed by atoms with E-state index in [1.807, 2.05) is 12.1 Å². The van der Waals surface area contributed by atoms with Crippen LogP contribution in [0.2, 0.25) is 5.02 Å². The SMILES string of the molecule is COCCN(c1ccc(C=O)c(Cl)c1)C(C)C1CC1. The predicted octanol–water partition coefficient (Wildman–Crippen LogP) is 3.40. The van der Waals surface area contributed by atoms with Crippen LogP contribution in [0.5, 0.6) is 0 Å². The van der Waals surface area contributed by atoms with Gasteiger partial charge >= 0.3 is 0 Å². The average molecular weight is 282 g/mol. The lowest BCUT2D eigenvalue weighted by atomic mass is 10.1. The molecule has 0 radical (unpaired) electrons. The lowest BCUT2D eigenvalue weighted by molar-refractivity contribution is 0.112. The minimum atomic E-state index is 0.480. The molecular weight excluding hydrogens is 262 g/mol. The molecule has 2 rings (SSSR count). The van der Waals surface area contributed by atoms with Crippen molar-refractivity contribution in [3.05, 3.63) is 28.8 Å². The van der Waals surface area contributed by atoms with Crippen LogP contribution in [-0.2, 0) is 4.74 Å². The maximum atomic E-state index is 10.8. The third kappa shape index (κ3) is 3.48. The molecule has 0 spiro atoms. The molecule has 0 aliphatic heterocycles. The van der Waals surface area contributed by atoms with Crippen molar-refractivity contribution in [2.45, 2.75) is 25.8 Å². The van der Waals surface area contributed by atoms with Gasteiger partial charge in [-0.2, -0.15) is 0 Å². The number of benzene rings is 1. The second kappa shape index (κ2) is 6.40. The maximum Gasteiger partial charge on any atom is 0.151 e. The number of carbonyl (C=O) groups excluding carboxylic acids is 1. The van der Waals surface area contributed by atoms with Crippen molar-refractivity contribution in [1.82, 2.24) is 0 Å². The summed E-state index contributed by atoms with van der Waals surface area (Å²) in [5.41, 5.74) is 1.60. The van der Waals surface area contributed by atoms with E-state index in [0.29, 0.717) is 23.2 Å². The monoisotopic (exact) mass is 281 g/mol. The molecule has 1 aliphatic rings. The molecule has 3 nitrogen and oxygen atoms in total. The van der Waals surface area contributed by atoms with Gasteiger partial charge in [-0.25, -0.2) is 0 Å². The summed E-state index contributed by atoms with van der Waals surface area (Å²) < 4.78 is 5.19. The fourth-order valence-corrected chi connectivity index (χ4v) is 2.60. The number of halogens is 1. The lowest BCUT2D eigenvalue weighted by Gasteiger charge is -2.31. The Balaban J connectivity index is 2.20. The fraction of sp³-hybridized carbons (Fsp3) is 0.533. The van der Waals surface area contributed by atoms with Crippen LogP contribution in [0.1, 0.15) is 30.1 Å². The highest BCUT2D eigenvalue weighted by Gasteiger charge is 2.32. The Bertz CT molecular complexity index is 446. The van der Waals surface area contributed by atoms with E-state index in [1.54, 1.807) is 13.2 Å². The van der Waals surface area contributed by atoms with Gasteiger partial charge in [0.05, 0.1) is 11.6 Å². The Morgan fingerprint density at radius 1 is 1.53 bits per heavy atom. The standard InChI is InChI=1S/C15H20ClNO2/c1-11(12-3-4-12)17(7-8-19-2)14-6-5-13(10-18)15(16)9-14/h5-6,9-12H,3-4,7-8H2,1-2H3. The Hall–Kier alpha value is -1.06. The van der Waals surface area contributed by atoms with E-state index in [1.165, 1.54) is 12.8 Å². The average Bonchev–Trinajstić information content (AvgIpc) is 3.23. The smallest absolute Gasteiger partial charge is 0.151 e. The van der Waals surface area contributed by atoms with Gasteiger partial charge in [-0.15, -0.1) is 0 Å². The van der Waals surface area contributed by atoms with Crippen LogP contribution in [0.25, 0.3) is 0 Å². The van der Waals surface area contributed by atoms with E-state index in [2.05, 4.69) is 11.8 Å². The van der Waals surface area contributed by atoms with Crippen molar-refractivity contribution < 1.29 is 9.53 Å². The van der Waals surface area contributed by atoms with Crippen LogP contribution in [0.15, 0.2) is 18.2 Å². The molecule has 0 aromatic heterocycles. The van der Waals surface area contributed by atoms with Gasteiger partial charge in [0.1, 0.15) is 0 Å². The number of hydrogen-bond acceptors (Lipinski definition) is 3. The number of aldehydes is 1. The first kappa shape index (κ1) is 14.4. The van der Waals surface area contributed by atoms with Crippen LogP contribution >= 0.6 is 11.6 Å². The molecule has 0 saturated heterocycles. The zero-order valence-corrected chi connectivity index (χ0v) is 12.2. The first-order chi connectivity index (χ1) is 9.17. The van der Waals surface area contributed by atoms with Crippen molar-refractivity contribution in [2.75, 3.05) is 25.2 Å². The summed E-state index contributed by atoms with van der Waals surface area (Å²) in [5.74, 6) is 0.765. The second-order valence-electron chi connectivity index (χ2n) is 5.09. The molecule has 4 heteroatoms. The first-order valence-electron chi connectivity index (χ1n) is 6.67. The van der Waals surface area contributed by atoms with Gasteiger partial charge in [-0.3, -0.25) is 4.79 Å². The summed E-state index contributed by atoms with van der Waals surface area (Å²) in [6.45, 7) is 3.77. The van der Waals surface area contributed by atoms with E-state index in [-0.39, 0.29) is 0 Å². The molecule has 1 aromatic carbocycles. The van der Waals surface area contributed by atoms with Gasteiger partial charge < -0.3 is 9.64 Å². The van der Waals surface area contributed by atoms with E-state index < -0.39 is 0 Å². The predicted molar refractivity (Wildman–Crippen MR) is 78.2 cm³/mol. The van der Waals surface area contributed by atoms with E-state index >= 15 is 0 Å². The van der Waals surface area contributed by atoms with Gasteiger partial charge in [0.15, 0.2) is 6.29 Å². The van der Waals surface area contributed by atoms with Gasteiger partial charge in [-0.1, -0.05) is 11.6 Å². The van der Waals surface area contributed by atoms with Crippen molar-refractivity contribution in [1.29, 1.82) is 0 Å². The summed E-state index contributed by atoms with van der Waals surface area (Å²) in [6.07, 6.45) is 3.38. The highest BCUT2D eigenvalue weighted by molar-refractivity contribution is 6.33. The molecule has 1 atom stereocenters. The molecule has 0 bridgehead atoms. The molecular formula is C15H20ClNO2. The van der Waals surface area contributed by atoms with Gasteiger partial charge in [0.25, 0.3) is 0 Å². The number of ether oxygens (including phenoxy) is 1. The highest BCUT2D eigenvalue weighted by atomic mass is 35.5. The number of anilines is 1. The second-order valence-corrected chi connectivity index (χ2v) is 5.50. The van der Waals surface area contributed by atoms with E-state index in [0.717, 1.165) is 24.4 Å². The van der Waals surface area contributed by atoms with Crippen LogP contribution in [0.4, 0.5) is 5.69 Å². The third-order valence-electron chi connectivity index (χ3n) is 3.77. The molecule has 1 saturated carbocycles. The van der Waals surface area contributed by atoms with Crippen molar-refractivity contribution >= 4 is 23.6 Å². The van der Waals surface area contributed by atoms with Crippen molar-refractivity contribution in [2.24, 2.45) is 5.92 Å². The minimum Gasteiger partial charge on any atom is -0.383 e. The maximum absolute atomic E-state index is 10.8. The number of rotatable bonds is 7. The molecule has 1 aliphatic carbocycles. The van der Waals surface area contributed by atoms with Gasteiger partial charge in [0.2, 0.25) is 0 Å². The number of nitrogens with zero attached hydrogens (tertiary/aromatic N) is 1. The number of carbonyl (C=O) groups is 1. The van der Waals surface area contributed by atoms with Crippen LogP contribution in [-0.4, -0.2) is 32.6 Å². The lowest BCUT2D eigenvalue weighted by Crippen LogP contribution is -2.37. The molecule has 1 aromatic rings. The Kier molecular flexibility index (Phi) is 4.83. The Labute approximate surface area is 119 Å². The molecule has 0 amide bonds. The number of hydrogen-bond donors (Lipinski definition) is 0. The molecule has 19 heavy (non-hydrogen) atoms. The zero-order valence-electron chi connectivity index (χ0n) is 11.4. The summed E-state index contributed by atoms with van der Waals surface area (Å²) in [5, 5.41) is 0.512. The van der Waals surface area contributed by atoms with Crippen molar-refractivity contribution in [3.63, 3.8) is 0 Å². The third-order valence-corrected chi connectivity index (χ3v) is 4.10. The molecule has 1 fully saturated rings. The molecule has 0 heterocycles. The largest absolute Gasteiger partial charge is 0.383 e. The Morgan fingerprint density at radius 3 is 2.79 bits per heavy atom. The first-order valence-corrected chi connectivity index (χ1v) is 7.05. The van der Waals surface area contributed by atoms with Crippen LogP contribution < -0.4 is 4.90 Å². The zero-order chi connectivity index (χ0) is 13.8. The van der Waals surface area contributed by atoms with Gasteiger partial charge in [0, 0.05) is 30.9 Å². The summed E-state index contributed by atoms with van der Waals surface area (Å²) in [7, 11) is 1.71. The minimum absolute atomic E-state index is 0.480. The molecule has 0 N–H and O–H groups in total. The molecule has 1 unspecified atom stereocenters. The normalized spacial score (nSPS) is 16.2. The van der Waals surface area contributed by atoms with E-state index in [9.17, 15) is 4.79 Å². The fourth-order valence-electron chi connectivity index (χ4n) is 2.38. The topological polar surface area (TPSA) is 29.5 Å². The quantitative estimate of drug-likeness (QED) is 0.718. The Morgan fingerprint density at radius 2 is 2.26 bits per heavy atom. The van der Waals surface area contributed by atoms with Gasteiger partial charge in [-0.05, 0) is 43.9 Å². The van der Waals surface area contributed by atoms with E-state index in [4.69, 9.17) is 16.3 Å².